The van der Waals surface area contributed by atoms with E-state index in [1.807, 2.05) is 6.92 Å². The molecule has 0 bridgehead atoms. The Balaban J connectivity index is 1.64. The second kappa shape index (κ2) is 9.49. The molecule has 2 aromatic rings. The number of benzene rings is 1. The number of carbonyl (C=O) groups is 1. The molecule has 1 aliphatic carbocycles. The van der Waals surface area contributed by atoms with Gasteiger partial charge in [-0.2, -0.15) is 0 Å². The SMILES string of the molecule is CCCCN(C)S(=O)(=O)c1ccc(C(=O)Nc2nnc(C3CCCCC3)o2)cc1. The summed E-state index contributed by atoms with van der Waals surface area (Å²) in [6.45, 7) is 2.47. The maximum atomic E-state index is 12.6. The van der Waals surface area contributed by atoms with Gasteiger partial charge in [-0.3, -0.25) is 10.1 Å². The van der Waals surface area contributed by atoms with E-state index in [0.717, 1.165) is 38.5 Å². The number of sulfonamides is 1. The predicted molar refractivity (Wildman–Crippen MR) is 109 cm³/mol. The fourth-order valence-corrected chi connectivity index (χ4v) is 4.64. The second-order valence-corrected chi connectivity index (χ2v) is 9.48. The van der Waals surface area contributed by atoms with Crippen molar-refractivity contribution in [3.63, 3.8) is 0 Å². The lowest BCUT2D eigenvalue weighted by atomic mass is 9.89. The van der Waals surface area contributed by atoms with Crippen molar-refractivity contribution >= 4 is 21.9 Å². The molecule has 1 aromatic carbocycles. The highest BCUT2D eigenvalue weighted by Gasteiger charge is 2.23. The minimum atomic E-state index is -3.56. The molecule has 0 spiro atoms. The van der Waals surface area contributed by atoms with Gasteiger partial charge in [0, 0.05) is 25.1 Å². The molecule has 9 heteroatoms. The average molecular weight is 421 g/mol. The van der Waals surface area contributed by atoms with Gasteiger partial charge in [0.25, 0.3) is 5.91 Å². The van der Waals surface area contributed by atoms with Crippen LogP contribution in [0.15, 0.2) is 33.6 Å². The number of unbranched alkanes of at least 4 members (excludes halogenated alkanes) is 1. The van der Waals surface area contributed by atoms with Gasteiger partial charge in [-0.1, -0.05) is 37.7 Å². The Morgan fingerprint density at radius 1 is 1.17 bits per heavy atom. The monoisotopic (exact) mass is 420 g/mol. The maximum Gasteiger partial charge on any atom is 0.322 e. The van der Waals surface area contributed by atoms with Crippen molar-refractivity contribution in [3.8, 4) is 0 Å². The van der Waals surface area contributed by atoms with Crippen LogP contribution in [-0.2, 0) is 10.0 Å². The quantitative estimate of drug-likeness (QED) is 0.696. The van der Waals surface area contributed by atoms with Crippen molar-refractivity contribution in [1.82, 2.24) is 14.5 Å². The lowest BCUT2D eigenvalue weighted by Crippen LogP contribution is -2.28. The molecule has 3 rings (SSSR count). The van der Waals surface area contributed by atoms with Gasteiger partial charge >= 0.3 is 6.01 Å². The zero-order valence-electron chi connectivity index (χ0n) is 16.9. The van der Waals surface area contributed by atoms with Crippen LogP contribution in [-0.4, -0.2) is 42.4 Å². The van der Waals surface area contributed by atoms with Crippen LogP contribution in [0.5, 0.6) is 0 Å². The Morgan fingerprint density at radius 2 is 1.86 bits per heavy atom. The van der Waals surface area contributed by atoms with Crippen LogP contribution < -0.4 is 5.32 Å². The second-order valence-electron chi connectivity index (χ2n) is 7.44. The molecule has 29 heavy (non-hydrogen) atoms. The number of anilines is 1. The zero-order valence-corrected chi connectivity index (χ0v) is 17.7. The number of nitrogens with zero attached hydrogens (tertiary/aromatic N) is 3. The summed E-state index contributed by atoms with van der Waals surface area (Å²) in [5.41, 5.74) is 0.317. The van der Waals surface area contributed by atoms with E-state index < -0.39 is 15.9 Å². The van der Waals surface area contributed by atoms with Crippen molar-refractivity contribution in [2.45, 2.75) is 62.7 Å². The number of carbonyl (C=O) groups excluding carboxylic acids is 1. The van der Waals surface area contributed by atoms with E-state index in [4.69, 9.17) is 4.42 Å². The number of nitrogens with one attached hydrogen (secondary N) is 1. The van der Waals surface area contributed by atoms with Gasteiger partial charge in [0.1, 0.15) is 0 Å². The molecule has 1 aromatic heterocycles. The van der Waals surface area contributed by atoms with Crippen LogP contribution in [0.25, 0.3) is 0 Å². The molecule has 1 saturated carbocycles. The first-order valence-corrected chi connectivity index (χ1v) is 11.6. The summed E-state index contributed by atoms with van der Waals surface area (Å²) >= 11 is 0. The topological polar surface area (TPSA) is 105 Å². The molecular formula is C20H28N4O4S. The van der Waals surface area contributed by atoms with Gasteiger partial charge in [0.05, 0.1) is 4.90 Å². The molecule has 0 atom stereocenters. The van der Waals surface area contributed by atoms with E-state index in [1.165, 1.54) is 35.0 Å². The fourth-order valence-electron chi connectivity index (χ4n) is 3.43. The van der Waals surface area contributed by atoms with Gasteiger partial charge in [0.15, 0.2) is 0 Å². The van der Waals surface area contributed by atoms with Gasteiger partial charge < -0.3 is 4.42 Å². The molecule has 0 unspecified atom stereocenters. The van der Waals surface area contributed by atoms with E-state index in [1.54, 1.807) is 7.05 Å². The van der Waals surface area contributed by atoms with Crippen LogP contribution in [0.1, 0.15) is 74.0 Å². The van der Waals surface area contributed by atoms with Gasteiger partial charge in [-0.25, -0.2) is 12.7 Å². The lowest BCUT2D eigenvalue weighted by molar-refractivity contribution is 0.102. The zero-order chi connectivity index (χ0) is 20.9. The van der Waals surface area contributed by atoms with Crippen molar-refractivity contribution in [2.75, 3.05) is 18.9 Å². The summed E-state index contributed by atoms with van der Waals surface area (Å²) in [6.07, 6.45) is 7.29. The van der Waals surface area contributed by atoms with E-state index >= 15 is 0 Å². The average Bonchev–Trinajstić information content (AvgIpc) is 3.21. The Hall–Kier alpha value is -2.26. The third-order valence-electron chi connectivity index (χ3n) is 5.27. The molecule has 0 saturated heterocycles. The number of hydrogen-bond donors (Lipinski definition) is 1. The number of hydrogen-bond acceptors (Lipinski definition) is 6. The van der Waals surface area contributed by atoms with Crippen molar-refractivity contribution in [3.05, 3.63) is 35.7 Å². The molecule has 1 N–H and O–H groups in total. The smallest absolute Gasteiger partial charge is 0.322 e. The molecule has 0 radical (unpaired) electrons. The summed E-state index contributed by atoms with van der Waals surface area (Å²) in [4.78, 5) is 12.6. The van der Waals surface area contributed by atoms with E-state index in [2.05, 4.69) is 15.5 Å². The lowest BCUT2D eigenvalue weighted by Gasteiger charge is -2.17. The highest BCUT2D eigenvalue weighted by Crippen LogP contribution is 2.32. The standard InChI is InChI=1S/C20H28N4O4S/c1-3-4-14-24(2)29(26,27)17-12-10-15(11-13-17)18(25)21-20-23-22-19(28-20)16-8-6-5-7-9-16/h10-13,16H,3-9,14H2,1-2H3,(H,21,23,25). The van der Waals surface area contributed by atoms with E-state index in [9.17, 15) is 13.2 Å². The number of rotatable bonds is 8. The summed E-state index contributed by atoms with van der Waals surface area (Å²) in [5.74, 6) is 0.403. The van der Waals surface area contributed by atoms with Crippen molar-refractivity contribution in [2.24, 2.45) is 0 Å². The molecule has 1 fully saturated rings. The number of aromatic nitrogens is 2. The molecule has 1 amide bonds. The first kappa shape index (κ1) is 21.4. The van der Waals surface area contributed by atoms with Gasteiger partial charge in [-0.15, -0.1) is 5.10 Å². The first-order valence-electron chi connectivity index (χ1n) is 10.1. The minimum absolute atomic E-state index is 0.0616. The predicted octanol–water partition coefficient (Wildman–Crippen LogP) is 3.79. The van der Waals surface area contributed by atoms with Crippen LogP contribution in [0, 0.1) is 0 Å². The summed E-state index contributed by atoms with van der Waals surface area (Å²) in [5, 5.41) is 10.6. The molecule has 8 nitrogen and oxygen atoms in total. The van der Waals surface area contributed by atoms with Crippen molar-refractivity contribution in [1.29, 1.82) is 0 Å². The Labute approximate surface area is 171 Å². The summed E-state index contributed by atoms with van der Waals surface area (Å²) in [6, 6.07) is 5.90. The summed E-state index contributed by atoms with van der Waals surface area (Å²) < 4.78 is 32.0. The fraction of sp³-hybridized carbons (Fsp3) is 0.550. The molecule has 0 aliphatic heterocycles. The minimum Gasteiger partial charge on any atom is -0.408 e. The van der Waals surface area contributed by atoms with Crippen LogP contribution in [0.4, 0.5) is 6.01 Å². The first-order chi connectivity index (χ1) is 13.9. The van der Waals surface area contributed by atoms with Gasteiger partial charge in [0.2, 0.25) is 15.9 Å². The van der Waals surface area contributed by atoms with Crippen LogP contribution >= 0.6 is 0 Å². The molecular weight excluding hydrogens is 392 g/mol. The Morgan fingerprint density at radius 3 is 2.52 bits per heavy atom. The maximum absolute atomic E-state index is 12.6. The Kier molecular flexibility index (Phi) is 7.02. The molecule has 1 aliphatic rings. The third-order valence-corrected chi connectivity index (χ3v) is 7.14. The third kappa shape index (κ3) is 5.22. The molecule has 1 heterocycles. The highest BCUT2D eigenvalue weighted by molar-refractivity contribution is 7.89. The van der Waals surface area contributed by atoms with E-state index in [0.29, 0.717) is 18.0 Å². The Bertz CT molecular complexity index is 918. The van der Waals surface area contributed by atoms with E-state index in [-0.39, 0.29) is 16.8 Å². The van der Waals surface area contributed by atoms with Crippen LogP contribution in [0.2, 0.25) is 0 Å². The molecule has 158 valence electrons. The van der Waals surface area contributed by atoms with Crippen molar-refractivity contribution < 1.29 is 17.6 Å². The largest absolute Gasteiger partial charge is 0.408 e. The normalized spacial score (nSPS) is 15.6. The highest BCUT2D eigenvalue weighted by atomic mass is 32.2. The van der Waals surface area contributed by atoms with Crippen LogP contribution in [0.3, 0.4) is 0 Å². The number of amides is 1. The van der Waals surface area contributed by atoms with Gasteiger partial charge in [-0.05, 0) is 43.5 Å². The summed E-state index contributed by atoms with van der Waals surface area (Å²) in [7, 11) is -2.00.